The molecule has 0 aliphatic rings. The van der Waals surface area contributed by atoms with Crippen molar-refractivity contribution >= 4 is 39.2 Å². The van der Waals surface area contributed by atoms with Gasteiger partial charge in [0.1, 0.15) is 16.9 Å². The number of rotatable bonds is 4. The Bertz CT molecular complexity index is 1070. The van der Waals surface area contributed by atoms with Gasteiger partial charge in [-0.25, -0.2) is 4.98 Å². The molecule has 0 radical (unpaired) electrons. The molecule has 0 aliphatic heterocycles. The summed E-state index contributed by atoms with van der Waals surface area (Å²) < 4.78 is 5.60. The molecule has 4 nitrogen and oxygen atoms in total. The number of hydrogen-bond acceptors (Lipinski definition) is 3. The Morgan fingerprint density at radius 2 is 2.07 bits per heavy atom. The predicted molar refractivity (Wildman–Crippen MR) is 115 cm³/mol. The van der Waals surface area contributed by atoms with E-state index in [-0.39, 0.29) is 17.1 Å². The Labute approximate surface area is 164 Å². The summed E-state index contributed by atoms with van der Waals surface area (Å²) in [6.07, 6.45) is 4.88. The molecule has 1 atom stereocenters. The fraction of sp³-hybridized carbons (Fsp3) is 0.273. The van der Waals surface area contributed by atoms with E-state index in [1.165, 1.54) is 6.42 Å². The SMILES string of the molecule is C=C/C(=C\C(C)C(=C)C)c1nc2c(oc3ccc(Cl)cc32)c(=O)[nH]1.CCC. The van der Waals surface area contributed by atoms with Crippen LogP contribution in [0, 0.1) is 5.92 Å². The third kappa shape index (κ3) is 4.58. The zero-order valence-corrected chi connectivity index (χ0v) is 17.0. The third-order valence-electron chi connectivity index (χ3n) is 3.99. The molecule has 0 saturated carbocycles. The van der Waals surface area contributed by atoms with Crippen LogP contribution in [0.5, 0.6) is 0 Å². The van der Waals surface area contributed by atoms with Crippen molar-refractivity contribution in [1.29, 1.82) is 0 Å². The maximum atomic E-state index is 12.4. The van der Waals surface area contributed by atoms with Gasteiger partial charge in [0.15, 0.2) is 0 Å². The van der Waals surface area contributed by atoms with Crippen molar-refractivity contribution in [1.82, 2.24) is 9.97 Å². The summed E-state index contributed by atoms with van der Waals surface area (Å²) in [5.74, 6) is 0.577. The lowest BCUT2D eigenvalue weighted by Gasteiger charge is -2.08. The summed E-state index contributed by atoms with van der Waals surface area (Å²) >= 11 is 6.06. The number of benzene rings is 1. The molecule has 1 unspecified atom stereocenters. The largest absolute Gasteiger partial charge is 0.449 e. The van der Waals surface area contributed by atoms with E-state index in [0.29, 0.717) is 27.3 Å². The number of furan rings is 1. The Morgan fingerprint density at radius 1 is 1.41 bits per heavy atom. The van der Waals surface area contributed by atoms with Gasteiger partial charge < -0.3 is 9.40 Å². The lowest BCUT2D eigenvalue weighted by molar-refractivity contribution is 0.661. The second kappa shape index (κ2) is 8.87. The van der Waals surface area contributed by atoms with Gasteiger partial charge in [-0.2, -0.15) is 0 Å². The van der Waals surface area contributed by atoms with Crippen LogP contribution in [0.2, 0.25) is 5.02 Å². The fourth-order valence-corrected chi connectivity index (χ4v) is 2.59. The van der Waals surface area contributed by atoms with Gasteiger partial charge in [-0.05, 0) is 31.0 Å². The molecular formula is C22H25ClN2O2. The van der Waals surface area contributed by atoms with Gasteiger partial charge in [0.25, 0.3) is 5.56 Å². The predicted octanol–water partition coefficient (Wildman–Crippen LogP) is 6.52. The van der Waals surface area contributed by atoms with E-state index in [4.69, 9.17) is 16.0 Å². The van der Waals surface area contributed by atoms with Gasteiger partial charge in [-0.15, -0.1) is 0 Å². The minimum Gasteiger partial charge on any atom is -0.449 e. The molecule has 2 heterocycles. The van der Waals surface area contributed by atoms with Gasteiger partial charge in [0.05, 0.1) is 0 Å². The average Bonchev–Trinajstić information content (AvgIpc) is 2.98. The highest BCUT2D eigenvalue weighted by molar-refractivity contribution is 6.31. The molecule has 0 fully saturated rings. The van der Waals surface area contributed by atoms with Crippen LogP contribution < -0.4 is 5.56 Å². The molecule has 0 spiro atoms. The Hall–Kier alpha value is -2.59. The van der Waals surface area contributed by atoms with Crippen LogP contribution in [0.3, 0.4) is 0 Å². The number of aromatic amines is 1. The number of nitrogens with zero attached hydrogens (tertiary/aromatic N) is 1. The highest BCUT2D eigenvalue weighted by Crippen LogP contribution is 2.28. The van der Waals surface area contributed by atoms with Gasteiger partial charge in [-0.1, -0.05) is 69.7 Å². The number of hydrogen-bond donors (Lipinski definition) is 1. The first-order chi connectivity index (χ1) is 12.8. The number of nitrogens with one attached hydrogen (secondary N) is 1. The van der Waals surface area contributed by atoms with Crippen LogP contribution >= 0.6 is 11.6 Å². The molecule has 0 bridgehead atoms. The number of H-pyrrole nitrogens is 1. The molecule has 2 aromatic heterocycles. The van der Waals surface area contributed by atoms with Crippen molar-refractivity contribution in [3.63, 3.8) is 0 Å². The molecule has 3 aromatic rings. The van der Waals surface area contributed by atoms with E-state index in [9.17, 15) is 4.79 Å². The summed E-state index contributed by atoms with van der Waals surface area (Å²) in [5.41, 5.74) is 2.66. The van der Waals surface area contributed by atoms with Crippen LogP contribution in [0.15, 0.2) is 58.3 Å². The van der Waals surface area contributed by atoms with Crippen molar-refractivity contribution < 1.29 is 4.42 Å². The molecule has 1 N–H and O–H groups in total. The van der Waals surface area contributed by atoms with Crippen molar-refractivity contribution in [2.45, 2.75) is 34.1 Å². The van der Waals surface area contributed by atoms with Gasteiger partial charge in [-0.3, -0.25) is 4.79 Å². The first-order valence-corrected chi connectivity index (χ1v) is 9.32. The Balaban J connectivity index is 0.000000817. The smallest absolute Gasteiger partial charge is 0.294 e. The van der Waals surface area contributed by atoms with Crippen molar-refractivity contribution in [2.75, 3.05) is 0 Å². The molecule has 5 heteroatoms. The topological polar surface area (TPSA) is 58.9 Å². The van der Waals surface area contributed by atoms with E-state index in [0.717, 1.165) is 11.1 Å². The van der Waals surface area contributed by atoms with Crippen LogP contribution in [0.1, 0.15) is 39.9 Å². The van der Waals surface area contributed by atoms with Crippen LogP contribution in [-0.2, 0) is 0 Å². The normalized spacial score (nSPS) is 12.6. The zero-order valence-electron chi connectivity index (χ0n) is 16.2. The lowest BCUT2D eigenvalue weighted by atomic mass is 10.0. The quantitative estimate of drug-likeness (QED) is 0.411. The lowest BCUT2D eigenvalue weighted by Crippen LogP contribution is -2.10. The summed E-state index contributed by atoms with van der Waals surface area (Å²) in [5, 5.41) is 1.27. The highest BCUT2D eigenvalue weighted by atomic mass is 35.5. The van der Waals surface area contributed by atoms with Crippen LogP contribution in [0.25, 0.3) is 27.6 Å². The molecule has 0 amide bonds. The standard InChI is InChI=1S/C19H17ClN2O2.C3H8/c1-5-12(8-11(4)10(2)3)18-21-16-14-9-13(20)6-7-15(14)24-17(16)19(23)22-18;1-3-2/h5-9,11H,1-2H2,3-4H3,(H,21,22,23);3H2,1-2H3/b12-8+;. The molecule has 3 rings (SSSR count). The second-order valence-electron chi connectivity index (χ2n) is 6.50. The van der Waals surface area contributed by atoms with Gasteiger partial charge in [0, 0.05) is 16.0 Å². The van der Waals surface area contributed by atoms with E-state index in [1.54, 1.807) is 24.3 Å². The molecular weight excluding hydrogens is 360 g/mol. The van der Waals surface area contributed by atoms with E-state index in [1.807, 2.05) is 19.9 Å². The summed E-state index contributed by atoms with van der Waals surface area (Å²) in [6, 6.07) is 5.18. The zero-order chi connectivity index (χ0) is 20.1. The van der Waals surface area contributed by atoms with E-state index < -0.39 is 0 Å². The minimum absolute atomic E-state index is 0.134. The number of allylic oxidation sites excluding steroid dienone is 4. The molecule has 1 aromatic carbocycles. The third-order valence-corrected chi connectivity index (χ3v) is 4.22. The number of halogens is 1. The highest BCUT2D eigenvalue weighted by Gasteiger charge is 2.15. The van der Waals surface area contributed by atoms with Crippen LogP contribution in [-0.4, -0.2) is 9.97 Å². The Morgan fingerprint density at radius 3 is 2.67 bits per heavy atom. The van der Waals surface area contributed by atoms with Gasteiger partial charge in [0.2, 0.25) is 5.58 Å². The molecule has 0 saturated heterocycles. The second-order valence-corrected chi connectivity index (χ2v) is 6.94. The monoisotopic (exact) mass is 384 g/mol. The Kier molecular flexibility index (Phi) is 6.81. The first kappa shape index (κ1) is 20.7. The van der Waals surface area contributed by atoms with E-state index >= 15 is 0 Å². The van der Waals surface area contributed by atoms with Crippen molar-refractivity contribution in [2.24, 2.45) is 5.92 Å². The molecule has 27 heavy (non-hydrogen) atoms. The molecule has 142 valence electrons. The maximum absolute atomic E-state index is 12.4. The maximum Gasteiger partial charge on any atom is 0.294 e. The fourth-order valence-electron chi connectivity index (χ4n) is 2.42. The van der Waals surface area contributed by atoms with Gasteiger partial charge >= 0.3 is 0 Å². The first-order valence-electron chi connectivity index (χ1n) is 8.94. The average molecular weight is 385 g/mol. The summed E-state index contributed by atoms with van der Waals surface area (Å²) in [7, 11) is 0. The summed E-state index contributed by atoms with van der Waals surface area (Å²) in [4.78, 5) is 19.7. The number of fused-ring (bicyclic) bond motifs is 3. The van der Waals surface area contributed by atoms with E-state index in [2.05, 4.69) is 37.0 Å². The molecule has 0 aliphatic carbocycles. The number of aromatic nitrogens is 2. The van der Waals surface area contributed by atoms with Crippen LogP contribution in [0.4, 0.5) is 0 Å². The van der Waals surface area contributed by atoms with Crippen molar-refractivity contribution in [3.8, 4) is 0 Å². The summed E-state index contributed by atoms with van der Waals surface area (Å²) in [6.45, 7) is 16.0. The minimum atomic E-state index is -0.335. The van der Waals surface area contributed by atoms with Crippen molar-refractivity contribution in [3.05, 3.63) is 70.3 Å².